The van der Waals surface area contributed by atoms with Gasteiger partial charge in [-0.15, -0.1) is 0 Å². The fraction of sp³-hybridized carbons (Fsp3) is 0.704. The first-order chi connectivity index (χ1) is 17.0. The molecule has 2 fully saturated rings. The molecule has 196 valence electrons. The zero-order valence-electron chi connectivity index (χ0n) is 21.6. The number of methoxy groups -OCH3 is 1. The van der Waals surface area contributed by atoms with Crippen LogP contribution in [0.4, 0.5) is 4.79 Å². The quantitative estimate of drug-likeness (QED) is 0.318. The maximum atomic E-state index is 13.7. The SMILES string of the molecule is CCCCC1(CC2CCCCC2)NC(N)N(Cc2ccc(CNC(=O)NCCCOC)cc2)C1=O. The van der Waals surface area contributed by atoms with E-state index in [1.54, 1.807) is 12.0 Å². The molecule has 1 aliphatic heterocycles. The minimum atomic E-state index is -0.530. The van der Waals surface area contributed by atoms with E-state index in [4.69, 9.17) is 10.5 Å². The lowest BCUT2D eigenvalue weighted by Gasteiger charge is -2.33. The van der Waals surface area contributed by atoms with Gasteiger partial charge in [0.25, 0.3) is 0 Å². The topological polar surface area (TPSA) is 109 Å². The summed E-state index contributed by atoms with van der Waals surface area (Å²) in [6, 6.07) is 7.83. The van der Waals surface area contributed by atoms with E-state index >= 15 is 0 Å². The van der Waals surface area contributed by atoms with E-state index in [1.165, 1.54) is 32.1 Å². The molecule has 1 saturated heterocycles. The lowest BCUT2D eigenvalue weighted by Crippen LogP contribution is -2.50. The number of amides is 3. The van der Waals surface area contributed by atoms with Gasteiger partial charge in [-0.2, -0.15) is 0 Å². The minimum Gasteiger partial charge on any atom is -0.385 e. The van der Waals surface area contributed by atoms with Crippen molar-refractivity contribution in [3.63, 3.8) is 0 Å². The number of benzene rings is 1. The van der Waals surface area contributed by atoms with Crippen LogP contribution in [0.2, 0.25) is 0 Å². The fourth-order valence-corrected chi connectivity index (χ4v) is 5.41. The van der Waals surface area contributed by atoms with E-state index in [0.717, 1.165) is 43.2 Å². The lowest BCUT2D eigenvalue weighted by atomic mass is 9.77. The Morgan fingerprint density at radius 3 is 2.54 bits per heavy atom. The molecule has 1 aromatic carbocycles. The standard InChI is InChI=1S/C27H45N5O3/c1-3-4-15-27(18-21-9-6-5-7-10-21)24(33)32(25(28)31-27)20-23-13-11-22(12-14-23)19-30-26(34)29-16-8-17-35-2/h11-14,21,25,31H,3-10,15-20,28H2,1-2H3,(H2,29,30,34). The van der Waals surface area contributed by atoms with Gasteiger partial charge in [0, 0.05) is 33.4 Å². The van der Waals surface area contributed by atoms with E-state index in [9.17, 15) is 9.59 Å². The Balaban J connectivity index is 1.55. The summed E-state index contributed by atoms with van der Waals surface area (Å²) in [7, 11) is 1.65. The van der Waals surface area contributed by atoms with E-state index in [-0.39, 0.29) is 11.9 Å². The Labute approximate surface area is 210 Å². The Morgan fingerprint density at radius 1 is 1.14 bits per heavy atom. The number of ether oxygens (including phenoxy) is 1. The third kappa shape index (κ3) is 7.92. The van der Waals surface area contributed by atoms with Crippen molar-refractivity contribution < 1.29 is 14.3 Å². The predicted octanol–water partition coefficient (Wildman–Crippen LogP) is 3.60. The average Bonchev–Trinajstić information content (AvgIpc) is 3.09. The van der Waals surface area contributed by atoms with Crippen LogP contribution in [0.25, 0.3) is 0 Å². The summed E-state index contributed by atoms with van der Waals surface area (Å²) in [5, 5.41) is 9.21. The van der Waals surface area contributed by atoms with Crippen LogP contribution in [0, 0.1) is 5.92 Å². The Kier molecular flexibility index (Phi) is 10.8. The summed E-state index contributed by atoms with van der Waals surface area (Å²) in [5.41, 5.74) is 7.98. The first-order valence-electron chi connectivity index (χ1n) is 13.4. The normalized spacial score (nSPS) is 23.0. The average molecular weight is 488 g/mol. The van der Waals surface area contributed by atoms with Gasteiger partial charge in [0.15, 0.2) is 0 Å². The summed E-state index contributed by atoms with van der Waals surface area (Å²) in [4.78, 5) is 27.4. The number of nitrogens with two attached hydrogens (primary N) is 1. The number of carbonyl (C=O) groups excluding carboxylic acids is 2. The van der Waals surface area contributed by atoms with Crippen molar-refractivity contribution in [2.24, 2.45) is 11.7 Å². The zero-order chi connectivity index (χ0) is 25.1. The van der Waals surface area contributed by atoms with Gasteiger partial charge in [-0.25, -0.2) is 4.79 Å². The largest absolute Gasteiger partial charge is 0.385 e. The van der Waals surface area contributed by atoms with Crippen molar-refractivity contribution in [3.05, 3.63) is 35.4 Å². The maximum Gasteiger partial charge on any atom is 0.315 e. The number of nitrogens with zero attached hydrogens (tertiary/aromatic N) is 1. The van der Waals surface area contributed by atoms with Crippen LogP contribution in [0.3, 0.4) is 0 Å². The number of rotatable bonds is 13. The van der Waals surface area contributed by atoms with E-state index in [2.05, 4.69) is 22.9 Å². The first kappa shape index (κ1) is 27.4. The molecule has 8 nitrogen and oxygen atoms in total. The van der Waals surface area contributed by atoms with Crippen molar-refractivity contribution in [1.29, 1.82) is 0 Å². The molecule has 35 heavy (non-hydrogen) atoms. The van der Waals surface area contributed by atoms with Crippen molar-refractivity contribution >= 4 is 11.9 Å². The molecular formula is C27H45N5O3. The smallest absolute Gasteiger partial charge is 0.315 e. The van der Waals surface area contributed by atoms with Gasteiger partial charge in [0.2, 0.25) is 5.91 Å². The molecule has 2 atom stereocenters. The zero-order valence-corrected chi connectivity index (χ0v) is 21.6. The second kappa shape index (κ2) is 13.8. The number of hydrogen-bond donors (Lipinski definition) is 4. The van der Waals surface area contributed by atoms with Crippen molar-refractivity contribution in [2.75, 3.05) is 20.3 Å². The highest BCUT2D eigenvalue weighted by molar-refractivity contribution is 5.88. The molecule has 0 radical (unpaired) electrons. The number of hydrogen-bond acceptors (Lipinski definition) is 5. The van der Waals surface area contributed by atoms with E-state index in [0.29, 0.717) is 32.2 Å². The van der Waals surface area contributed by atoms with Gasteiger partial charge in [-0.3, -0.25) is 15.8 Å². The highest BCUT2D eigenvalue weighted by Gasteiger charge is 2.50. The van der Waals surface area contributed by atoms with Crippen molar-refractivity contribution in [3.8, 4) is 0 Å². The third-order valence-corrected chi connectivity index (χ3v) is 7.39. The summed E-state index contributed by atoms with van der Waals surface area (Å²) in [6.07, 6.45) is 10.5. The summed E-state index contributed by atoms with van der Waals surface area (Å²) >= 11 is 0. The van der Waals surface area contributed by atoms with Crippen LogP contribution in [0.5, 0.6) is 0 Å². The summed E-state index contributed by atoms with van der Waals surface area (Å²) in [5.74, 6) is 0.757. The van der Waals surface area contributed by atoms with E-state index < -0.39 is 11.8 Å². The molecule has 0 spiro atoms. The number of nitrogens with one attached hydrogen (secondary N) is 3. The molecule has 2 unspecified atom stereocenters. The lowest BCUT2D eigenvalue weighted by molar-refractivity contribution is -0.134. The minimum absolute atomic E-state index is 0.153. The van der Waals surface area contributed by atoms with Crippen molar-refractivity contribution in [1.82, 2.24) is 20.9 Å². The first-order valence-corrected chi connectivity index (χ1v) is 13.4. The molecule has 1 saturated carbocycles. The number of carbonyl (C=O) groups is 2. The van der Waals surface area contributed by atoms with Gasteiger partial charge in [0.05, 0.1) is 0 Å². The Morgan fingerprint density at radius 2 is 1.86 bits per heavy atom. The highest BCUT2D eigenvalue weighted by Crippen LogP contribution is 2.37. The van der Waals surface area contributed by atoms with E-state index in [1.807, 2.05) is 24.3 Å². The van der Waals surface area contributed by atoms with Gasteiger partial charge in [0.1, 0.15) is 11.8 Å². The number of unbranched alkanes of at least 4 members (excludes halogenated alkanes) is 1. The second-order valence-corrected chi connectivity index (χ2v) is 10.2. The second-order valence-electron chi connectivity index (χ2n) is 10.2. The molecule has 1 aliphatic carbocycles. The molecular weight excluding hydrogens is 442 g/mol. The molecule has 0 aromatic heterocycles. The van der Waals surface area contributed by atoms with Crippen LogP contribution >= 0.6 is 0 Å². The third-order valence-electron chi connectivity index (χ3n) is 7.39. The monoisotopic (exact) mass is 487 g/mol. The predicted molar refractivity (Wildman–Crippen MR) is 138 cm³/mol. The molecule has 8 heteroatoms. The molecule has 5 N–H and O–H groups in total. The Hall–Kier alpha value is -2.16. The fourth-order valence-electron chi connectivity index (χ4n) is 5.41. The van der Waals surface area contributed by atoms with Gasteiger partial charge < -0.3 is 20.3 Å². The molecule has 0 bridgehead atoms. The molecule has 1 aromatic rings. The van der Waals surface area contributed by atoms with Gasteiger partial charge in [-0.1, -0.05) is 76.1 Å². The number of urea groups is 1. The van der Waals surface area contributed by atoms with Gasteiger partial charge >= 0.3 is 6.03 Å². The molecule has 3 amide bonds. The maximum absolute atomic E-state index is 13.7. The molecule has 3 rings (SSSR count). The van der Waals surface area contributed by atoms with Crippen LogP contribution in [0.15, 0.2) is 24.3 Å². The van der Waals surface area contributed by atoms with Crippen LogP contribution < -0.4 is 21.7 Å². The highest BCUT2D eigenvalue weighted by atomic mass is 16.5. The van der Waals surface area contributed by atoms with Crippen LogP contribution in [-0.4, -0.2) is 48.9 Å². The van der Waals surface area contributed by atoms with Crippen LogP contribution in [0.1, 0.15) is 82.3 Å². The summed E-state index contributed by atoms with van der Waals surface area (Å²) < 4.78 is 4.98. The van der Waals surface area contributed by atoms with Crippen molar-refractivity contribution in [2.45, 2.75) is 96.1 Å². The summed E-state index contributed by atoms with van der Waals surface area (Å²) in [6.45, 7) is 4.31. The van der Waals surface area contributed by atoms with Gasteiger partial charge in [-0.05, 0) is 36.3 Å². The molecule has 1 heterocycles. The molecule has 2 aliphatic rings. The Bertz CT molecular complexity index is 797. The van der Waals surface area contributed by atoms with Crippen LogP contribution in [-0.2, 0) is 22.6 Å².